The summed E-state index contributed by atoms with van der Waals surface area (Å²) in [6.07, 6.45) is 9.99. The molecule has 1 nitrogen and oxygen atoms in total. The van der Waals surface area contributed by atoms with E-state index in [2.05, 4.69) is 40.3 Å². The third-order valence-electron chi connectivity index (χ3n) is 3.82. The van der Waals surface area contributed by atoms with Crippen molar-refractivity contribution in [2.24, 2.45) is 0 Å². The summed E-state index contributed by atoms with van der Waals surface area (Å²) < 4.78 is 1.10. The summed E-state index contributed by atoms with van der Waals surface area (Å²) in [6, 6.07) is 6.44. The largest absolute Gasteiger partial charge is 0.307 e. The molecule has 0 heterocycles. The maximum absolute atomic E-state index is 6.07. The number of halogens is 2. The number of benzene rings is 1. The molecule has 3 heteroatoms. The predicted molar refractivity (Wildman–Crippen MR) is 91.4 cm³/mol. The Morgan fingerprint density at radius 1 is 1.30 bits per heavy atom. The fourth-order valence-corrected chi connectivity index (χ4v) is 3.68. The predicted octanol–water partition coefficient (Wildman–Crippen LogP) is 6.03. The van der Waals surface area contributed by atoms with Gasteiger partial charge in [0.15, 0.2) is 0 Å². The highest BCUT2D eigenvalue weighted by molar-refractivity contribution is 9.10. The molecule has 1 atom stereocenters. The molecule has 0 saturated carbocycles. The zero-order valence-electron chi connectivity index (χ0n) is 12.1. The lowest BCUT2D eigenvalue weighted by Crippen LogP contribution is -2.24. The third kappa shape index (κ3) is 4.34. The molecule has 20 heavy (non-hydrogen) atoms. The molecule has 1 unspecified atom stereocenters. The Bertz CT molecular complexity index is 470. The topological polar surface area (TPSA) is 12.0 Å². The molecule has 0 spiro atoms. The first-order valence-electron chi connectivity index (χ1n) is 7.59. The Balaban J connectivity index is 2.28. The van der Waals surface area contributed by atoms with Crippen LogP contribution in [0.25, 0.3) is 0 Å². The van der Waals surface area contributed by atoms with Crippen LogP contribution >= 0.6 is 27.5 Å². The minimum atomic E-state index is 0.319. The van der Waals surface area contributed by atoms with E-state index in [1.165, 1.54) is 37.7 Å². The van der Waals surface area contributed by atoms with Crippen molar-refractivity contribution in [3.05, 3.63) is 44.9 Å². The average Bonchev–Trinajstić information content (AvgIpc) is 2.70. The molecule has 0 radical (unpaired) electrons. The maximum atomic E-state index is 6.07. The molecular weight excluding hydrogens is 334 g/mol. The van der Waals surface area contributed by atoms with E-state index >= 15 is 0 Å². The molecule has 1 aliphatic carbocycles. The van der Waals surface area contributed by atoms with Gasteiger partial charge in [-0.05, 0) is 56.3 Å². The van der Waals surface area contributed by atoms with Gasteiger partial charge in [-0.3, -0.25) is 0 Å². The monoisotopic (exact) mass is 355 g/mol. The summed E-state index contributed by atoms with van der Waals surface area (Å²) in [7, 11) is 0. The molecule has 0 aromatic heterocycles. The van der Waals surface area contributed by atoms with Crippen LogP contribution in [0, 0.1) is 0 Å². The minimum Gasteiger partial charge on any atom is -0.307 e. The number of rotatable bonds is 5. The van der Waals surface area contributed by atoms with E-state index in [9.17, 15) is 0 Å². The zero-order valence-corrected chi connectivity index (χ0v) is 14.4. The highest BCUT2D eigenvalue weighted by atomic mass is 79.9. The Labute approximate surface area is 135 Å². The summed E-state index contributed by atoms with van der Waals surface area (Å²) in [6.45, 7) is 3.25. The van der Waals surface area contributed by atoms with Gasteiger partial charge in [0.25, 0.3) is 0 Å². The van der Waals surface area contributed by atoms with E-state index in [1.807, 2.05) is 12.1 Å². The van der Waals surface area contributed by atoms with E-state index in [-0.39, 0.29) is 0 Å². The number of nitrogens with one attached hydrogen (secondary N) is 1. The minimum absolute atomic E-state index is 0.319. The van der Waals surface area contributed by atoms with Crippen molar-refractivity contribution in [1.29, 1.82) is 0 Å². The van der Waals surface area contributed by atoms with Crippen LogP contribution in [0.15, 0.2) is 34.3 Å². The summed E-state index contributed by atoms with van der Waals surface area (Å²) >= 11 is 9.75. The summed E-state index contributed by atoms with van der Waals surface area (Å²) in [5.41, 5.74) is 2.84. The van der Waals surface area contributed by atoms with E-state index in [4.69, 9.17) is 11.6 Å². The molecule has 0 bridgehead atoms. The van der Waals surface area contributed by atoms with Crippen molar-refractivity contribution in [3.63, 3.8) is 0 Å². The van der Waals surface area contributed by atoms with Crippen molar-refractivity contribution in [3.8, 4) is 0 Å². The van der Waals surface area contributed by atoms with Crippen LogP contribution in [0.4, 0.5) is 0 Å². The fraction of sp³-hybridized carbons (Fsp3) is 0.529. The lowest BCUT2D eigenvalue weighted by Gasteiger charge is -2.23. The molecule has 110 valence electrons. The fourth-order valence-electron chi connectivity index (χ4n) is 2.77. The van der Waals surface area contributed by atoms with Crippen LogP contribution in [0.5, 0.6) is 0 Å². The van der Waals surface area contributed by atoms with Crippen LogP contribution in [-0.2, 0) is 0 Å². The summed E-state index contributed by atoms with van der Waals surface area (Å²) in [5.74, 6) is 0. The van der Waals surface area contributed by atoms with Crippen LogP contribution < -0.4 is 5.32 Å². The Morgan fingerprint density at radius 3 is 2.90 bits per heavy atom. The molecular formula is C17H23BrClN. The summed E-state index contributed by atoms with van der Waals surface area (Å²) in [4.78, 5) is 0. The number of hydrogen-bond donors (Lipinski definition) is 1. The zero-order chi connectivity index (χ0) is 14.4. The highest BCUT2D eigenvalue weighted by Crippen LogP contribution is 2.34. The molecule has 1 aliphatic rings. The lowest BCUT2D eigenvalue weighted by molar-refractivity contribution is 0.565. The average molecular weight is 357 g/mol. The molecule has 1 N–H and O–H groups in total. The highest BCUT2D eigenvalue weighted by Gasteiger charge is 2.19. The van der Waals surface area contributed by atoms with Crippen molar-refractivity contribution in [2.45, 2.75) is 51.5 Å². The molecule has 0 saturated heterocycles. The van der Waals surface area contributed by atoms with E-state index < -0.39 is 0 Å². The molecule has 2 rings (SSSR count). The van der Waals surface area contributed by atoms with Gasteiger partial charge in [0.1, 0.15) is 0 Å². The first kappa shape index (κ1) is 16.1. The van der Waals surface area contributed by atoms with Crippen molar-refractivity contribution in [2.75, 3.05) is 6.54 Å². The summed E-state index contributed by atoms with van der Waals surface area (Å²) in [5, 5.41) is 4.48. The lowest BCUT2D eigenvalue weighted by atomic mass is 9.95. The quantitative estimate of drug-likeness (QED) is 0.635. The van der Waals surface area contributed by atoms with Gasteiger partial charge < -0.3 is 5.32 Å². The normalized spacial score (nSPS) is 17.4. The molecule has 0 aliphatic heterocycles. The number of hydrogen-bond acceptors (Lipinski definition) is 1. The first-order chi connectivity index (χ1) is 9.72. The van der Waals surface area contributed by atoms with Gasteiger partial charge in [-0.1, -0.05) is 58.6 Å². The van der Waals surface area contributed by atoms with Crippen LogP contribution in [0.3, 0.4) is 0 Å². The van der Waals surface area contributed by atoms with E-state index in [0.29, 0.717) is 6.04 Å². The second kappa shape index (κ2) is 8.21. The molecule has 0 fully saturated rings. The number of allylic oxidation sites excluding steroid dienone is 1. The van der Waals surface area contributed by atoms with Gasteiger partial charge in [0.05, 0.1) is 6.04 Å². The van der Waals surface area contributed by atoms with E-state index in [1.54, 1.807) is 5.57 Å². The Morgan fingerprint density at radius 2 is 2.15 bits per heavy atom. The van der Waals surface area contributed by atoms with Gasteiger partial charge in [0.2, 0.25) is 0 Å². The van der Waals surface area contributed by atoms with Crippen molar-refractivity contribution < 1.29 is 0 Å². The van der Waals surface area contributed by atoms with Gasteiger partial charge in [-0.25, -0.2) is 0 Å². The molecule has 0 amide bonds. The third-order valence-corrected chi connectivity index (χ3v) is 4.74. The van der Waals surface area contributed by atoms with Gasteiger partial charge in [0, 0.05) is 9.50 Å². The van der Waals surface area contributed by atoms with Crippen LogP contribution in [0.1, 0.15) is 57.1 Å². The van der Waals surface area contributed by atoms with Crippen molar-refractivity contribution in [1.82, 2.24) is 5.32 Å². The second-order valence-corrected chi connectivity index (χ2v) is 6.72. The van der Waals surface area contributed by atoms with Gasteiger partial charge in [-0.15, -0.1) is 0 Å². The van der Waals surface area contributed by atoms with Gasteiger partial charge in [-0.2, -0.15) is 0 Å². The van der Waals surface area contributed by atoms with E-state index in [0.717, 1.165) is 22.5 Å². The smallest absolute Gasteiger partial charge is 0.0547 e. The molecule has 1 aromatic rings. The van der Waals surface area contributed by atoms with Crippen molar-refractivity contribution >= 4 is 27.5 Å². The standard InChI is InChI=1S/C17H23BrClN/c1-2-11-20-17(13-7-5-3-4-6-8-13)15-10-9-14(19)12-16(15)18/h7,9-10,12,17,20H,2-6,8,11H2,1H3. The molecule has 1 aromatic carbocycles. The van der Waals surface area contributed by atoms with Crippen LogP contribution in [0.2, 0.25) is 5.02 Å². The Kier molecular flexibility index (Phi) is 6.60. The first-order valence-corrected chi connectivity index (χ1v) is 8.76. The second-order valence-electron chi connectivity index (χ2n) is 5.43. The SMILES string of the molecule is CCCNC(C1=CCCCCC1)c1ccc(Cl)cc1Br. The van der Waals surface area contributed by atoms with Gasteiger partial charge >= 0.3 is 0 Å². The maximum Gasteiger partial charge on any atom is 0.0547 e. The Hall–Kier alpha value is -0.310. The van der Waals surface area contributed by atoms with Crippen LogP contribution in [-0.4, -0.2) is 6.54 Å².